The Bertz CT molecular complexity index is 1380. The van der Waals surface area contributed by atoms with Gasteiger partial charge in [-0.1, -0.05) is 55.6 Å². The smallest absolute Gasteiger partial charge is 0.258 e. The molecular weight excluding hydrogens is 426 g/mol. The van der Waals surface area contributed by atoms with Crippen molar-refractivity contribution in [1.29, 1.82) is 0 Å². The second-order valence-electron chi connectivity index (χ2n) is 7.91. The number of nitrogens with zero attached hydrogens (tertiary/aromatic N) is 1. The molecule has 0 spiro atoms. The number of ketones is 2. The van der Waals surface area contributed by atoms with E-state index in [0.717, 1.165) is 27.2 Å². The zero-order chi connectivity index (χ0) is 24.4. The Morgan fingerprint density at radius 3 is 1.71 bits per heavy atom. The zero-order valence-electron chi connectivity index (χ0n) is 18.6. The molecule has 0 unspecified atom stereocenters. The summed E-state index contributed by atoms with van der Waals surface area (Å²) in [4.78, 5) is 49.7. The Kier molecular flexibility index (Phi) is 6.02. The van der Waals surface area contributed by atoms with Crippen LogP contribution in [0.5, 0.6) is 0 Å². The van der Waals surface area contributed by atoms with Gasteiger partial charge in [0, 0.05) is 23.3 Å². The van der Waals surface area contributed by atoms with E-state index in [9.17, 15) is 19.2 Å². The zero-order valence-corrected chi connectivity index (χ0v) is 18.6. The van der Waals surface area contributed by atoms with Crippen LogP contribution in [0.2, 0.25) is 0 Å². The Morgan fingerprint density at radius 2 is 1.21 bits per heavy atom. The van der Waals surface area contributed by atoms with Crippen molar-refractivity contribution in [2.24, 2.45) is 0 Å². The molecule has 0 aromatic heterocycles. The van der Waals surface area contributed by atoms with E-state index in [1.807, 2.05) is 36.4 Å². The molecule has 0 fully saturated rings. The highest BCUT2D eigenvalue weighted by Gasteiger charge is 2.24. The molecule has 34 heavy (non-hydrogen) atoms. The number of hydrogen-bond donors (Lipinski definition) is 0. The standard InChI is InChI=1S/C29H21NO4/c1-4-26(31)24-14-11-22(17-25(24)29(34)18(2)3)21-7-5-19(6-8-21)20-9-12-23(13-10-20)30-27(32)15-16-28(30)33/h4-17H,1-2H2,3H3. The van der Waals surface area contributed by atoms with Crippen molar-refractivity contribution in [3.05, 3.63) is 115 Å². The van der Waals surface area contributed by atoms with Gasteiger partial charge in [-0.25, -0.2) is 4.90 Å². The first-order chi connectivity index (χ1) is 16.3. The van der Waals surface area contributed by atoms with Gasteiger partial charge in [-0.2, -0.15) is 0 Å². The topological polar surface area (TPSA) is 71.5 Å². The molecule has 0 saturated carbocycles. The second kappa shape index (κ2) is 9.08. The molecule has 0 radical (unpaired) electrons. The van der Waals surface area contributed by atoms with Gasteiger partial charge >= 0.3 is 0 Å². The van der Waals surface area contributed by atoms with Gasteiger partial charge in [-0.05, 0) is 65.1 Å². The van der Waals surface area contributed by atoms with Gasteiger partial charge in [0.1, 0.15) is 0 Å². The quantitative estimate of drug-likeness (QED) is 0.269. The number of benzene rings is 3. The van der Waals surface area contributed by atoms with E-state index in [-0.39, 0.29) is 23.4 Å². The van der Waals surface area contributed by atoms with Crippen LogP contribution in [0, 0.1) is 0 Å². The average molecular weight is 447 g/mol. The first-order valence-corrected chi connectivity index (χ1v) is 10.6. The minimum Gasteiger partial charge on any atom is -0.289 e. The largest absolute Gasteiger partial charge is 0.289 e. The molecule has 1 heterocycles. The summed E-state index contributed by atoms with van der Waals surface area (Å²) in [5.41, 5.74) is 5.02. The highest BCUT2D eigenvalue weighted by molar-refractivity contribution is 6.28. The summed E-state index contributed by atoms with van der Waals surface area (Å²) >= 11 is 0. The number of amides is 2. The molecule has 0 aliphatic carbocycles. The maximum absolute atomic E-state index is 12.6. The third-order valence-corrected chi connectivity index (χ3v) is 5.59. The maximum Gasteiger partial charge on any atom is 0.258 e. The van der Waals surface area contributed by atoms with Gasteiger partial charge in [0.15, 0.2) is 11.6 Å². The van der Waals surface area contributed by atoms with E-state index in [4.69, 9.17) is 0 Å². The molecule has 5 nitrogen and oxygen atoms in total. The predicted molar refractivity (Wildman–Crippen MR) is 133 cm³/mol. The van der Waals surface area contributed by atoms with Crippen molar-refractivity contribution in [3.63, 3.8) is 0 Å². The lowest BCUT2D eigenvalue weighted by Crippen LogP contribution is -2.29. The molecule has 1 aliphatic rings. The van der Waals surface area contributed by atoms with Crippen LogP contribution in [0.15, 0.2) is 104 Å². The lowest BCUT2D eigenvalue weighted by atomic mass is 9.92. The van der Waals surface area contributed by atoms with Crippen LogP contribution in [-0.4, -0.2) is 23.4 Å². The summed E-state index contributed by atoms with van der Waals surface area (Å²) in [5, 5.41) is 0. The summed E-state index contributed by atoms with van der Waals surface area (Å²) < 4.78 is 0. The Labute approximate surface area is 197 Å². The van der Waals surface area contributed by atoms with E-state index in [0.29, 0.717) is 22.4 Å². The van der Waals surface area contributed by atoms with Crippen molar-refractivity contribution in [1.82, 2.24) is 0 Å². The Hall–Kier alpha value is -4.64. The number of imide groups is 1. The third-order valence-electron chi connectivity index (χ3n) is 5.59. The van der Waals surface area contributed by atoms with Crippen molar-refractivity contribution < 1.29 is 19.2 Å². The Morgan fingerprint density at radius 1 is 0.735 bits per heavy atom. The summed E-state index contributed by atoms with van der Waals surface area (Å²) in [5.74, 6) is -1.31. The van der Waals surface area contributed by atoms with Crippen LogP contribution < -0.4 is 4.90 Å². The van der Waals surface area contributed by atoms with Crippen LogP contribution in [-0.2, 0) is 9.59 Å². The van der Waals surface area contributed by atoms with Crippen LogP contribution in [0.1, 0.15) is 27.6 Å². The van der Waals surface area contributed by atoms with E-state index >= 15 is 0 Å². The van der Waals surface area contributed by atoms with Crippen LogP contribution >= 0.6 is 0 Å². The lowest BCUT2D eigenvalue weighted by molar-refractivity contribution is -0.119. The number of carbonyl (C=O) groups excluding carboxylic acids is 4. The predicted octanol–water partition coefficient (Wildman–Crippen LogP) is 5.58. The molecule has 0 saturated heterocycles. The van der Waals surface area contributed by atoms with Crippen molar-refractivity contribution in [2.45, 2.75) is 6.92 Å². The summed E-state index contributed by atoms with van der Waals surface area (Å²) in [6, 6.07) is 20.1. The highest BCUT2D eigenvalue weighted by atomic mass is 16.2. The van der Waals surface area contributed by atoms with Crippen molar-refractivity contribution in [2.75, 3.05) is 4.90 Å². The Balaban J connectivity index is 1.62. The molecule has 0 N–H and O–H groups in total. The molecule has 3 aromatic rings. The first-order valence-electron chi connectivity index (χ1n) is 10.6. The number of allylic oxidation sites excluding steroid dienone is 2. The fourth-order valence-corrected chi connectivity index (χ4v) is 3.78. The van der Waals surface area contributed by atoms with Crippen LogP contribution in [0.4, 0.5) is 5.69 Å². The molecule has 3 aromatic carbocycles. The minimum absolute atomic E-state index is 0.283. The normalized spacial score (nSPS) is 12.7. The molecule has 0 atom stereocenters. The number of rotatable bonds is 7. The highest BCUT2D eigenvalue weighted by Crippen LogP contribution is 2.29. The van der Waals surface area contributed by atoms with Gasteiger partial charge in [-0.15, -0.1) is 0 Å². The molecule has 0 bridgehead atoms. The molecule has 1 aliphatic heterocycles. The number of anilines is 1. The summed E-state index contributed by atoms with van der Waals surface area (Å²) in [6.45, 7) is 8.84. The van der Waals surface area contributed by atoms with Crippen LogP contribution in [0.3, 0.4) is 0 Å². The minimum atomic E-state index is -0.354. The number of hydrogen-bond acceptors (Lipinski definition) is 4. The molecular formula is C29H21NO4. The average Bonchev–Trinajstić information content (AvgIpc) is 3.20. The summed E-state index contributed by atoms with van der Waals surface area (Å²) in [7, 11) is 0. The molecule has 5 heteroatoms. The molecule has 2 amide bonds. The van der Waals surface area contributed by atoms with E-state index in [2.05, 4.69) is 13.2 Å². The monoisotopic (exact) mass is 447 g/mol. The van der Waals surface area contributed by atoms with Gasteiger partial charge < -0.3 is 0 Å². The fourth-order valence-electron chi connectivity index (χ4n) is 3.78. The van der Waals surface area contributed by atoms with Gasteiger partial charge in [-0.3, -0.25) is 19.2 Å². The first kappa shape index (κ1) is 22.6. The van der Waals surface area contributed by atoms with Crippen molar-refractivity contribution in [3.8, 4) is 22.3 Å². The maximum atomic E-state index is 12.6. The van der Waals surface area contributed by atoms with Crippen molar-refractivity contribution >= 4 is 29.1 Å². The number of Topliss-reactive ketones (excluding diaryl/α,β-unsaturated/α-hetero) is 1. The van der Waals surface area contributed by atoms with E-state index in [1.165, 1.54) is 18.2 Å². The van der Waals surface area contributed by atoms with Gasteiger partial charge in [0.05, 0.1) is 5.69 Å². The van der Waals surface area contributed by atoms with Crippen LogP contribution in [0.25, 0.3) is 22.3 Å². The third kappa shape index (κ3) is 4.19. The molecule has 4 rings (SSSR count). The van der Waals surface area contributed by atoms with Gasteiger partial charge in [0.2, 0.25) is 0 Å². The van der Waals surface area contributed by atoms with E-state index < -0.39 is 0 Å². The summed E-state index contributed by atoms with van der Waals surface area (Å²) in [6.07, 6.45) is 3.70. The SMILES string of the molecule is C=CC(=O)c1ccc(-c2ccc(-c3ccc(N4C(=O)C=CC4=O)cc3)cc2)cc1C(=O)C(=C)C. The molecule has 166 valence electrons. The number of carbonyl (C=O) groups is 4. The lowest BCUT2D eigenvalue weighted by Gasteiger charge is -2.14. The van der Waals surface area contributed by atoms with Gasteiger partial charge in [0.25, 0.3) is 11.8 Å². The fraction of sp³-hybridized carbons (Fsp3) is 0.0345. The van der Waals surface area contributed by atoms with E-state index in [1.54, 1.807) is 37.3 Å². The second-order valence-corrected chi connectivity index (χ2v) is 7.91.